The first kappa shape index (κ1) is 14.7. The summed E-state index contributed by atoms with van der Waals surface area (Å²) in [6.07, 6.45) is 0. The molecule has 1 aromatic carbocycles. The molecule has 0 amide bonds. The van der Waals surface area contributed by atoms with E-state index in [9.17, 15) is 0 Å². The molecule has 2 unspecified atom stereocenters. The van der Waals surface area contributed by atoms with E-state index in [1.54, 1.807) is 0 Å². The second-order valence-electron chi connectivity index (χ2n) is 7.29. The maximum absolute atomic E-state index is 5.48. The quantitative estimate of drug-likeness (QED) is 0.908. The summed E-state index contributed by atoms with van der Waals surface area (Å²) in [6, 6.07) is 7.36. The van der Waals surface area contributed by atoms with E-state index < -0.39 is 0 Å². The molecule has 0 bridgehead atoms. The molecule has 1 aromatic rings. The molecule has 0 aliphatic carbocycles. The highest BCUT2D eigenvalue weighted by atomic mass is 16.7. The summed E-state index contributed by atoms with van der Waals surface area (Å²) in [6.45, 7) is 12.6. The molecule has 21 heavy (non-hydrogen) atoms. The average Bonchev–Trinajstić information content (AvgIpc) is 2.87. The Bertz CT molecular complexity index is 510. The Morgan fingerprint density at radius 3 is 2.76 bits per heavy atom. The van der Waals surface area contributed by atoms with E-state index in [2.05, 4.69) is 50.0 Å². The zero-order valence-electron chi connectivity index (χ0n) is 13.5. The largest absolute Gasteiger partial charge is 0.454 e. The van der Waals surface area contributed by atoms with Crippen molar-refractivity contribution in [3.8, 4) is 11.5 Å². The number of rotatable bonds is 2. The Balaban J connectivity index is 1.70. The van der Waals surface area contributed by atoms with Crippen molar-refractivity contribution in [3.63, 3.8) is 0 Å². The van der Waals surface area contributed by atoms with Gasteiger partial charge in [0.25, 0.3) is 0 Å². The van der Waals surface area contributed by atoms with Crippen LogP contribution in [0.15, 0.2) is 18.2 Å². The van der Waals surface area contributed by atoms with Crippen LogP contribution in [0.1, 0.15) is 33.3 Å². The van der Waals surface area contributed by atoms with Gasteiger partial charge in [0, 0.05) is 31.7 Å². The molecule has 1 fully saturated rings. The van der Waals surface area contributed by atoms with E-state index in [4.69, 9.17) is 9.47 Å². The van der Waals surface area contributed by atoms with Crippen molar-refractivity contribution in [2.45, 2.75) is 46.3 Å². The number of nitrogens with zero attached hydrogens (tertiary/aromatic N) is 1. The van der Waals surface area contributed by atoms with Crippen molar-refractivity contribution in [2.24, 2.45) is 5.41 Å². The van der Waals surface area contributed by atoms with Crippen LogP contribution in [-0.2, 0) is 6.54 Å². The summed E-state index contributed by atoms with van der Waals surface area (Å²) >= 11 is 0. The first-order valence-corrected chi connectivity index (χ1v) is 7.79. The molecule has 3 rings (SSSR count). The van der Waals surface area contributed by atoms with Crippen LogP contribution in [-0.4, -0.2) is 36.9 Å². The van der Waals surface area contributed by atoms with E-state index >= 15 is 0 Å². The molecular formula is C17H26N2O2. The normalized spacial score (nSPS) is 26.1. The minimum Gasteiger partial charge on any atom is -0.454 e. The van der Waals surface area contributed by atoms with Crippen molar-refractivity contribution in [1.82, 2.24) is 10.2 Å². The van der Waals surface area contributed by atoms with Crippen LogP contribution >= 0.6 is 0 Å². The Labute approximate surface area is 127 Å². The molecular weight excluding hydrogens is 264 g/mol. The van der Waals surface area contributed by atoms with Gasteiger partial charge in [-0.2, -0.15) is 0 Å². The highest BCUT2D eigenvalue weighted by Crippen LogP contribution is 2.33. The van der Waals surface area contributed by atoms with Gasteiger partial charge in [0.15, 0.2) is 11.5 Å². The number of nitrogens with one attached hydrogen (secondary N) is 1. The van der Waals surface area contributed by atoms with Gasteiger partial charge < -0.3 is 14.8 Å². The molecule has 2 aliphatic heterocycles. The molecule has 116 valence electrons. The maximum Gasteiger partial charge on any atom is 0.231 e. The van der Waals surface area contributed by atoms with E-state index in [0.717, 1.165) is 31.1 Å². The first-order chi connectivity index (χ1) is 9.93. The van der Waals surface area contributed by atoms with Crippen LogP contribution in [0.4, 0.5) is 0 Å². The summed E-state index contributed by atoms with van der Waals surface area (Å²) in [5, 5.41) is 3.68. The van der Waals surface area contributed by atoms with Crippen LogP contribution in [0.2, 0.25) is 0 Å². The number of fused-ring (bicyclic) bond motifs is 1. The van der Waals surface area contributed by atoms with E-state index in [-0.39, 0.29) is 5.41 Å². The molecule has 0 spiro atoms. The average molecular weight is 290 g/mol. The van der Waals surface area contributed by atoms with Crippen molar-refractivity contribution < 1.29 is 9.47 Å². The lowest BCUT2D eigenvalue weighted by atomic mass is 9.84. The highest BCUT2D eigenvalue weighted by molar-refractivity contribution is 5.44. The Morgan fingerprint density at radius 2 is 2.00 bits per heavy atom. The third kappa shape index (κ3) is 3.16. The van der Waals surface area contributed by atoms with Crippen molar-refractivity contribution in [3.05, 3.63) is 23.8 Å². The lowest BCUT2D eigenvalue weighted by Crippen LogP contribution is -2.59. The fraction of sp³-hybridized carbons (Fsp3) is 0.647. The number of hydrogen-bond acceptors (Lipinski definition) is 4. The van der Waals surface area contributed by atoms with Gasteiger partial charge in [0.1, 0.15) is 0 Å². The molecule has 4 heteroatoms. The first-order valence-electron chi connectivity index (χ1n) is 7.79. The standard InChI is InChI=1S/C17H26N2O2/c1-12-8-18-16(17(2,3)4)10-19(12)9-13-5-6-14-15(7-13)21-11-20-14/h5-7,12,16,18H,8-11H2,1-4H3. The Hall–Kier alpha value is -1.26. The summed E-state index contributed by atoms with van der Waals surface area (Å²) in [7, 11) is 0. The maximum atomic E-state index is 5.48. The minimum atomic E-state index is 0.285. The van der Waals surface area contributed by atoms with Gasteiger partial charge in [-0.15, -0.1) is 0 Å². The molecule has 2 heterocycles. The predicted molar refractivity (Wildman–Crippen MR) is 83.7 cm³/mol. The van der Waals surface area contributed by atoms with Crippen LogP contribution < -0.4 is 14.8 Å². The highest BCUT2D eigenvalue weighted by Gasteiger charge is 2.32. The monoisotopic (exact) mass is 290 g/mol. The molecule has 2 aliphatic rings. The van der Waals surface area contributed by atoms with Gasteiger partial charge in [-0.05, 0) is 30.0 Å². The molecule has 4 nitrogen and oxygen atoms in total. The SMILES string of the molecule is CC1CNC(C(C)(C)C)CN1Cc1ccc2c(c1)OCO2. The van der Waals surface area contributed by atoms with Crippen LogP contribution in [0, 0.1) is 5.41 Å². The third-order valence-electron chi connectivity index (χ3n) is 4.57. The summed E-state index contributed by atoms with van der Waals surface area (Å²) in [5.41, 5.74) is 1.58. The third-order valence-corrected chi connectivity index (χ3v) is 4.57. The number of benzene rings is 1. The molecule has 1 saturated heterocycles. The van der Waals surface area contributed by atoms with Gasteiger partial charge in [0.2, 0.25) is 6.79 Å². The fourth-order valence-electron chi connectivity index (χ4n) is 3.00. The number of ether oxygens (including phenoxy) is 2. The lowest BCUT2D eigenvalue weighted by molar-refractivity contribution is 0.0877. The van der Waals surface area contributed by atoms with Crippen molar-refractivity contribution >= 4 is 0 Å². The number of piperazine rings is 1. The Kier molecular flexibility index (Phi) is 3.84. The van der Waals surface area contributed by atoms with E-state index in [0.29, 0.717) is 18.9 Å². The molecule has 2 atom stereocenters. The van der Waals surface area contributed by atoms with Gasteiger partial charge in [-0.3, -0.25) is 4.90 Å². The second-order valence-corrected chi connectivity index (χ2v) is 7.29. The van der Waals surface area contributed by atoms with Crippen molar-refractivity contribution in [1.29, 1.82) is 0 Å². The fourth-order valence-corrected chi connectivity index (χ4v) is 3.00. The molecule has 0 radical (unpaired) electrons. The van der Waals surface area contributed by atoms with Gasteiger partial charge in [-0.25, -0.2) is 0 Å². The van der Waals surface area contributed by atoms with Gasteiger partial charge in [-0.1, -0.05) is 26.8 Å². The number of hydrogen-bond donors (Lipinski definition) is 1. The summed E-state index contributed by atoms with van der Waals surface area (Å²) in [5.74, 6) is 1.74. The predicted octanol–water partition coefficient (Wildman–Crippen LogP) is 2.62. The Morgan fingerprint density at radius 1 is 1.24 bits per heavy atom. The summed E-state index contributed by atoms with van der Waals surface area (Å²) < 4.78 is 10.9. The zero-order chi connectivity index (χ0) is 15.0. The van der Waals surface area contributed by atoms with Gasteiger partial charge in [0.05, 0.1) is 0 Å². The van der Waals surface area contributed by atoms with E-state index in [1.165, 1.54) is 5.56 Å². The zero-order valence-corrected chi connectivity index (χ0v) is 13.5. The lowest BCUT2D eigenvalue weighted by Gasteiger charge is -2.44. The second kappa shape index (κ2) is 5.50. The molecule has 0 saturated carbocycles. The van der Waals surface area contributed by atoms with Crippen LogP contribution in [0.5, 0.6) is 11.5 Å². The molecule has 1 N–H and O–H groups in total. The van der Waals surface area contributed by atoms with Crippen LogP contribution in [0.3, 0.4) is 0 Å². The van der Waals surface area contributed by atoms with Crippen LogP contribution in [0.25, 0.3) is 0 Å². The topological polar surface area (TPSA) is 33.7 Å². The van der Waals surface area contributed by atoms with Crippen molar-refractivity contribution in [2.75, 3.05) is 19.9 Å². The smallest absolute Gasteiger partial charge is 0.231 e. The van der Waals surface area contributed by atoms with Gasteiger partial charge >= 0.3 is 0 Å². The minimum absolute atomic E-state index is 0.285. The molecule has 0 aromatic heterocycles. The summed E-state index contributed by atoms with van der Waals surface area (Å²) in [4.78, 5) is 2.56. The van der Waals surface area contributed by atoms with E-state index in [1.807, 2.05) is 6.07 Å².